The van der Waals surface area contributed by atoms with Crippen LogP contribution in [0.3, 0.4) is 0 Å². The number of nitrogens with two attached hydrogens (primary N) is 1. The average molecular weight is 303 g/mol. The molecule has 21 heavy (non-hydrogen) atoms. The Bertz CT molecular complexity index is 591. The number of amides is 1. The van der Waals surface area contributed by atoms with E-state index >= 15 is 0 Å². The van der Waals surface area contributed by atoms with Gasteiger partial charge in [-0.25, -0.2) is 5.84 Å². The first-order valence-corrected chi connectivity index (χ1v) is 7.07. The zero-order valence-corrected chi connectivity index (χ0v) is 12.4. The van der Waals surface area contributed by atoms with Crippen LogP contribution in [-0.4, -0.2) is 13.5 Å². The molecule has 0 aliphatic rings. The van der Waals surface area contributed by atoms with Gasteiger partial charge >= 0.3 is 0 Å². The van der Waals surface area contributed by atoms with E-state index < -0.39 is 0 Å². The molecule has 6 heteroatoms. The minimum absolute atomic E-state index is 0.403. The Morgan fingerprint density at radius 2 is 2.19 bits per heavy atom. The molecule has 0 spiro atoms. The predicted molar refractivity (Wildman–Crippen MR) is 85.6 cm³/mol. The highest BCUT2D eigenvalue weighted by Crippen LogP contribution is 2.32. The molecular formula is C15H17N3O2S. The van der Waals surface area contributed by atoms with E-state index in [2.05, 4.69) is 17.1 Å². The molecule has 5 nitrogen and oxygen atoms in total. The molecule has 110 valence electrons. The molecule has 1 aromatic heterocycles. The summed E-state index contributed by atoms with van der Waals surface area (Å²) in [6.45, 7) is 0. The molecule has 0 saturated heterocycles. The molecule has 0 fully saturated rings. The minimum Gasteiger partial charge on any atom is -0.468 e. The lowest BCUT2D eigenvalue weighted by Gasteiger charge is -2.10. The van der Waals surface area contributed by atoms with Gasteiger partial charge in [0, 0.05) is 23.2 Å². The van der Waals surface area contributed by atoms with Crippen LogP contribution >= 0.6 is 11.8 Å². The first kappa shape index (κ1) is 16.7. The van der Waals surface area contributed by atoms with E-state index in [0.29, 0.717) is 6.41 Å². The summed E-state index contributed by atoms with van der Waals surface area (Å²) >= 11 is 1.68. The Morgan fingerprint density at radius 1 is 1.43 bits per heavy atom. The second-order valence-electron chi connectivity index (χ2n) is 3.73. The highest BCUT2D eigenvalue weighted by Gasteiger charge is 2.07. The number of benzene rings is 1. The van der Waals surface area contributed by atoms with Crippen molar-refractivity contribution in [3.63, 3.8) is 0 Å². The van der Waals surface area contributed by atoms with Gasteiger partial charge in [-0.05, 0) is 24.3 Å². The van der Waals surface area contributed by atoms with E-state index in [-0.39, 0.29) is 0 Å². The second-order valence-corrected chi connectivity index (χ2v) is 4.71. The van der Waals surface area contributed by atoms with Crippen molar-refractivity contribution >= 4 is 23.9 Å². The lowest BCUT2D eigenvalue weighted by atomic mass is 10.2. The summed E-state index contributed by atoms with van der Waals surface area (Å²) < 4.78 is 5.31. The van der Waals surface area contributed by atoms with Crippen molar-refractivity contribution in [2.75, 3.05) is 12.4 Å². The summed E-state index contributed by atoms with van der Waals surface area (Å²) in [6, 6.07) is 9.78. The number of furan rings is 1. The Labute approximate surface area is 128 Å². The maximum absolute atomic E-state index is 8.94. The second kappa shape index (κ2) is 9.53. The molecule has 0 bridgehead atoms. The van der Waals surface area contributed by atoms with Crippen LogP contribution in [0, 0.1) is 12.3 Å². The number of rotatable bonds is 5. The fourth-order valence-corrected chi connectivity index (χ4v) is 2.60. The molecule has 1 aromatic carbocycles. The van der Waals surface area contributed by atoms with E-state index in [1.807, 2.05) is 37.4 Å². The zero-order chi connectivity index (χ0) is 15.5. The molecule has 4 N–H and O–H groups in total. The molecule has 0 aliphatic heterocycles. The number of anilines is 1. The van der Waals surface area contributed by atoms with E-state index in [1.165, 1.54) is 0 Å². The van der Waals surface area contributed by atoms with Crippen LogP contribution in [0.5, 0.6) is 0 Å². The third-order valence-electron chi connectivity index (χ3n) is 2.45. The fourth-order valence-electron chi connectivity index (χ4n) is 1.54. The Morgan fingerprint density at radius 3 is 2.71 bits per heavy atom. The highest BCUT2D eigenvalue weighted by molar-refractivity contribution is 7.98. The molecule has 0 unspecified atom stereocenters. The fraction of sp³-hybridized carbons (Fsp3) is 0.133. The molecule has 1 heterocycles. The van der Waals surface area contributed by atoms with Crippen molar-refractivity contribution in [1.82, 2.24) is 5.43 Å². The van der Waals surface area contributed by atoms with E-state index in [0.717, 1.165) is 27.7 Å². The molecule has 1 amide bonds. The summed E-state index contributed by atoms with van der Waals surface area (Å²) in [7, 11) is 1.90. The van der Waals surface area contributed by atoms with E-state index in [4.69, 9.17) is 15.6 Å². The average Bonchev–Trinajstić information content (AvgIpc) is 3.06. The number of hydrazine groups is 1. The standard InChI is InChI=1S/C14H13NOS.CH4N2O/c1-3-11-6-4-8-13(15-2)14(11)17-10-12-7-5-9-16-12;2-3-1-4/h1,4-9,15H,10H2,2H3;1H,2H2,(H,3,4). The SMILES string of the molecule is C#Cc1cccc(NC)c1SCc1ccco1.NNC=O. The molecule has 0 atom stereocenters. The van der Waals surface area contributed by atoms with Gasteiger partial charge in [0.25, 0.3) is 0 Å². The normalized spacial score (nSPS) is 9.00. The van der Waals surface area contributed by atoms with Crippen LogP contribution in [0.25, 0.3) is 0 Å². The Hall–Kier alpha value is -2.36. The number of nitrogens with one attached hydrogen (secondary N) is 2. The lowest BCUT2D eigenvalue weighted by molar-refractivity contribution is -0.109. The number of carbonyl (C=O) groups is 1. The van der Waals surface area contributed by atoms with E-state index in [1.54, 1.807) is 23.5 Å². The van der Waals surface area contributed by atoms with Gasteiger partial charge in [-0.3, -0.25) is 10.2 Å². The van der Waals surface area contributed by atoms with Crippen molar-refractivity contribution in [2.24, 2.45) is 5.84 Å². The first-order chi connectivity index (χ1) is 10.3. The van der Waals surface area contributed by atoms with Crippen LogP contribution in [0.4, 0.5) is 5.69 Å². The van der Waals surface area contributed by atoms with Crippen LogP contribution in [-0.2, 0) is 10.5 Å². The van der Waals surface area contributed by atoms with Crippen LogP contribution in [0.1, 0.15) is 11.3 Å². The molecule has 0 saturated carbocycles. The van der Waals surface area contributed by atoms with Crippen molar-refractivity contribution in [3.8, 4) is 12.3 Å². The number of thioether (sulfide) groups is 1. The maximum atomic E-state index is 8.94. The summed E-state index contributed by atoms with van der Waals surface area (Å²) in [6.07, 6.45) is 7.59. The number of carbonyl (C=O) groups excluding carboxylic acids is 1. The first-order valence-electron chi connectivity index (χ1n) is 6.09. The highest BCUT2D eigenvalue weighted by atomic mass is 32.2. The minimum atomic E-state index is 0.403. The number of hydrogen-bond donors (Lipinski definition) is 3. The molecule has 0 radical (unpaired) electrons. The number of hydrogen-bond acceptors (Lipinski definition) is 5. The Balaban J connectivity index is 0.000000491. The summed E-state index contributed by atoms with van der Waals surface area (Å²) in [5, 5.41) is 3.15. The van der Waals surface area contributed by atoms with Gasteiger partial charge in [0.15, 0.2) is 0 Å². The molecule has 2 aromatic rings. The summed E-state index contributed by atoms with van der Waals surface area (Å²) in [5.41, 5.74) is 3.71. The van der Waals surface area contributed by atoms with Crippen molar-refractivity contribution in [2.45, 2.75) is 10.6 Å². The molecule has 2 rings (SSSR count). The van der Waals surface area contributed by atoms with Gasteiger partial charge in [0.1, 0.15) is 5.76 Å². The summed E-state index contributed by atoms with van der Waals surface area (Å²) in [5.74, 6) is 8.84. The maximum Gasteiger partial charge on any atom is 0.221 e. The van der Waals surface area contributed by atoms with Gasteiger partial charge in [-0.15, -0.1) is 18.2 Å². The van der Waals surface area contributed by atoms with Crippen molar-refractivity contribution in [3.05, 3.63) is 47.9 Å². The third-order valence-corrected chi connectivity index (χ3v) is 3.60. The van der Waals surface area contributed by atoms with Gasteiger partial charge in [0.05, 0.1) is 12.0 Å². The monoisotopic (exact) mass is 303 g/mol. The zero-order valence-electron chi connectivity index (χ0n) is 11.6. The predicted octanol–water partition coefficient (Wildman–Crippen LogP) is 2.20. The summed E-state index contributed by atoms with van der Waals surface area (Å²) in [4.78, 5) is 10.0. The van der Waals surface area contributed by atoms with Gasteiger partial charge in [-0.1, -0.05) is 12.0 Å². The third kappa shape index (κ3) is 5.26. The molecular weight excluding hydrogens is 286 g/mol. The quantitative estimate of drug-likeness (QED) is 0.197. The largest absolute Gasteiger partial charge is 0.468 e. The topological polar surface area (TPSA) is 80.3 Å². The lowest BCUT2D eigenvalue weighted by Crippen LogP contribution is -2.18. The van der Waals surface area contributed by atoms with Gasteiger partial charge in [0.2, 0.25) is 6.41 Å². The van der Waals surface area contributed by atoms with Gasteiger partial charge < -0.3 is 9.73 Å². The smallest absolute Gasteiger partial charge is 0.221 e. The Kier molecular flexibility index (Phi) is 7.58. The van der Waals surface area contributed by atoms with Crippen molar-refractivity contribution < 1.29 is 9.21 Å². The van der Waals surface area contributed by atoms with Crippen LogP contribution < -0.4 is 16.6 Å². The van der Waals surface area contributed by atoms with Crippen LogP contribution in [0.15, 0.2) is 45.9 Å². The van der Waals surface area contributed by atoms with E-state index in [9.17, 15) is 0 Å². The van der Waals surface area contributed by atoms with Gasteiger partial charge in [-0.2, -0.15) is 0 Å². The van der Waals surface area contributed by atoms with Crippen molar-refractivity contribution in [1.29, 1.82) is 0 Å². The molecule has 0 aliphatic carbocycles. The van der Waals surface area contributed by atoms with Crippen LogP contribution in [0.2, 0.25) is 0 Å². The number of terminal acetylenes is 1.